The second kappa shape index (κ2) is 7.42. The van der Waals surface area contributed by atoms with Crippen molar-refractivity contribution in [2.75, 3.05) is 6.54 Å². The van der Waals surface area contributed by atoms with E-state index in [0.29, 0.717) is 18.2 Å². The Hall–Kier alpha value is -1.37. The van der Waals surface area contributed by atoms with E-state index in [-0.39, 0.29) is 16.4 Å². The SMILES string of the molecule is CCC(CC)C(Br)CNC(=O)c1cc([N+](=O)[O-])cn1C. The highest BCUT2D eigenvalue weighted by molar-refractivity contribution is 9.09. The van der Waals surface area contributed by atoms with Crippen LogP contribution in [0.4, 0.5) is 5.69 Å². The highest BCUT2D eigenvalue weighted by Crippen LogP contribution is 2.20. The van der Waals surface area contributed by atoms with Gasteiger partial charge >= 0.3 is 0 Å². The number of nitrogens with one attached hydrogen (secondary N) is 1. The van der Waals surface area contributed by atoms with Crippen molar-refractivity contribution in [1.29, 1.82) is 0 Å². The Morgan fingerprint density at radius 1 is 1.50 bits per heavy atom. The number of hydrogen-bond acceptors (Lipinski definition) is 3. The van der Waals surface area contributed by atoms with Gasteiger partial charge in [-0.25, -0.2) is 0 Å². The number of alkyl halides is 1. The molecule has 1 amide bonds. The van der Waals surface area contributed by atoms with Gasteiger partial charge in [0.2, 0.25) is 0 Å². The molecule has 1 aromatic heterocycles. The molecular weight excluding hydrogens is 326 g/mol. The summed E-state index contributed by atoms with van der Waals surface area (Å²) in [4.78, 5) is 22.4. The van der Waals surface area contributed by atoms with Crippen LogP contribution >= 0.6 is 15.9 Å². The molecule has 0 fully saturated rings. The number of halogens is 1. The lowest BCUT2D eigenvalue weighted by molar-refractivity contribution is -0.384. The zero-order valence-corrected chi connectivity index (χ0v) is 13.5. The number of nitro groups is 1. The quantitative estimate of drug-likeness (QED) is 0.468. The molecule has 20 heavy (non-hydrogen) atoms. The van der Waals surface area contributed by atoms with Gasteiger partial charge in [0.05, 0.1) is 11.1 Å². The Kier molecular flexibility index (Phi) is 6.19. The number of rotatable bonds is 7. The second-order valence-electron chi connectivity index (χ2n) is 4.75. The Morgan fingerprint density at radius 3 is 2.55 bits per heavy atom. The molecule has 0 aliphatic rings. The standard InChI is InChI=1S/C13H20BrN3O3/c1-4-9(5-2)11(14)7-15-13(18)12-6-10(17(19)20)8-16(12)3/h6,8-9,11H,4-5,7H2,1-3H3,(H,15,18). The number of carbonyl (C=O) groups is 1. The maximum Gasteiger partial charge on any atom is 0.287 e. The molecule has 0 saturated heterocycles. The summed E-state index contributed by atoms with van der Waals surface area (Å²) >= 11 is 3.58. The summed E-state index contributed by atoms with van der Waals surface area (Å²) in [5.74, 6) is 0.203. The van der Waals surface area contributed by atoms with Crippen molar-refractivity contribution in [2.24, 2.45) is 13.0 Å². The largest absolute Gasteiger partial charge is 0.350 e. The van der Waals surface area contributed by atoms with Crippen molar-refractivity contribution in [1.82, 2.24) is 9.88 Å². The maximum absolute atomic E-state index is 12.0. The number of carbonyl (C=O) groups excluding carboxylic acids is 1. The molecule has 112 valence electrons. The average Bonchev–Trinajstić information content (AvgIpc) is 2.80. The van der Waals surface area contributed by atoms with Crippen LogP contribution in [0.3, 0.4) is 0 Å². The van der Waals surface area contributed by atoms with Gasteiger partial charge in [-0.1, -0.05) is 42.6 Å². The summed E-state index contributed by atoms with van der Waals surface area (Å²) in [5.41, 5.74) is 0.217. The van der Waals surface area contributed by atoms with Crippen LogP contribution in [0, 0.1) is 16.0 Å². The van der Waals surface area contributed by atoms with Gasteiger partial charge in [0, 0.05) is 24.5 Å². The van der Waals surface area contributed by atoms with E-state index in [1.807, 2.05) is 0 Å². The molecule has 0 aromatic carbocycles. The van der Waals surface area contributed by atoms with Crippen LogP contribution in [0.25, 0.3) is 0 Å². The maximum atomic E-state index is 12.0. The third-order valence-corrected chi connectivity index (χ3v) is 4.52. The molecule has 6 nitrogen and oxygen atoms in total. The van der Waals surface area contributed by atoms with Crippen molar-refractivity contribution in [3.8, 4) is 0 Å². The summed E-state index contributed by atoms with van der Waals surface area (Å²) < 4.78 is 1.47. The summed E-state index contributed by atoms with van der Waals surface area (Å²) in [6.45, 7) is 4.74. The number of nitrogens with zero attached hydrogens (tertiary/aromatic N) is 2. The van der Waals surface area contributed by atoms with Crippen LogP contribution in [0.15, 0.2) is 12.3 Å². The Balaban J connectivity index is 2.65. The lowest BCUT2D eigenvalue weighted by atomic mass is 9.99. The molecule has 1 N–H and O–H groups in total. The highest BCUT2D eigenvalue weighted by Gasteiger charge is 2.20. The van der Waals surface area contributed by atoms with Gasteiger partial charge in [0.25, 0.3) is 11.6 Å². The van der Waals surface area contributed by atoms with E-state index < -0.39 is 4.92 Å². The monoisotopic (exact) mass is 345 g/mol. The summed E-state index contributed by atoms with van der Waals surface area (Å²) in [6.07, 6.45) is 3.41. The minimum absolute atomic E-state index is 0.0759. The number of hydrogen-bond donors (Lipinski definition) is 1. The van der Waals surface area contributed by atoms with Crippen LogP contribution in [-0.2, 0) is 7.05 Å². The molecule has 1 atom stereocenters. The zero-order valence-electron chi connectivity index (χ0n) is 11.9. The van der Waals surface area contributed by atoms with Crippen molar-refractivity contribution < 1.29 is 9.72 Å². The summed E-state index contributed by atoms with van der Waals surface area (Å²) in [7, 11) is 1.62. The van der Waals surface area contributed by atoms with E-state index in [9.17, 15) is 14.9 Å². The normalized spacial score (nSPS) is 12.4. The number of aryl methyl sites for hydroxylation is 1. The van der Waals surface area contributed by atoms with E-state index in [2.05, 4.69) is 35.1 Å². The third-order valence-electron chi connectivity index (χ3n) is 3.45. The van der Waals surface area contributed by atoms with Gasteiger partial charge in [-0.2, -0.15) is 0 Å². The lowest BCUT2D eigenvalue weighted by Gasteiger charge is -2.19. The molecule has 0 spiro atoms. The first-order chi connectivity index (χ1) is 9.40. The molecule has 1 aromatic rings. The molecule has 0 aliphatic heterocycles. The first kappa shape index (κ1) is 16.7. The molecule has 0 aliphatic carbocycles. The molecular formula is C13H20BrN3O3. The number of aromatic nitrogens is 1. The van der Waals surface area contributed by atoms with Crippen LogP contribution in [0.2, 0.25) is 0 Å². The molecule has 1 rings (SSSR count). The smallest absolute Gasteiger partial charge is 0.287 e. The van der Waals surface area contributed by atoms with E-state index in [4.69, 9.17) is 0 Å². The molecule has 1 unspecified atom stereocenters. The van der Waals surface area contributed by atoms with Crippen LogP contribution in [-0.4, -0.2) is 26.8 Å². The summed E-state index contributed by atoms with van der Waals surface area (Å²) in [5, 5.41) is 13.5. The van der Waals surface area contributed by atoms with E-state index >= 15 is 0 Å². The van der Waals surface area contributed by atoms with Crippen molar-refractivity contribution in [2.45, 2.75) is 31.5 Å². The second-order valence-corrected chi connectivity index (χ2v) is 5.93. The van der Waals surface area contributed by atoms with Crippen molar-refractivity contribution in [3.05, 3.63) is 28.1 Å². The van der Waals surface area contributed by atoms with Gasteiger partial charge in [-0.3, -0.25) is 14.9 Å². The fraction of sp³-hybridized carbons (Fsp3) is 0.615. The minimum atomic E-state index is -0.506. The van der Waals surface area contributed by atoms with Gasteiger partial charge in [-0.05, 0) is 5.92 Å². The van der Waals surface area contributed by atoms with E-state index in [0.717, 1.165) is 12.8 Å². The molecule has 7 heteroatoms. The predicted molar refractivity (Wildman–Crippen MR) is 81.2 cm³/mol. The van der Waals surface area contributed by atoms with Gasteiger partial charge in [-0.15, -0.1) is 0 Å². The van der Waals surface area contributed by atoms with Gasteiger partial charge < -0.3 is 9.88 Å². The molecule has 0 saturated carbocycles. The van der Waals surface area contributed by atoms with Crippen LogP contribution in [0.1, 0.15) is 37.2 Å². The molecule has 1 heterocycles. The Morgan fingerprint density at radius 2 is 2.10 bits per heavy atom. The minimum Gasteiger partial charge on any atom is -0.350 e. The molecule has 0 bridgehead atoms. The summed E-state index contributed by atoms with van der Waals surface area (Å²) in [6, 6.07) is 1.29. The Bertz CT molecular complexity index is 483. The fourth-order valence-electron chi connectivity index (χ4n) is 2.12. The highest BCUT2D eigenvalue weighted by atomic mass is 79.9. The average molecular weight is 346 g/mol. The van der Waals surface area contributed by atoms with Crippen LogP contribution in [0.5, 0.6) is 0 Å². The fourth-order valence-corrected chi connectivity index (χ4v) is 3.03. The van der Waals surface area contributed by atoms with Gasteiger partial charge in [0.15, 0.2) is 0 Å². The van der Waals surface area contributed by atoms with E-state index in [1.54, 1.807) is 7.05 Å². The van der Waals surface area contributed by atoms with Crippen LogP contribution < -0.4 is 5.32 Å². The first-order valence-electron chi connectivity index (χ1n) is 6.63. The van der Waals surface area contributed by atoms with Crippen molar-refractivity contribution in [3.63, 3.8) is 0 Å². The topological polar surface area (TPSA) is 77.2 Å². The predicted octanol–water partition coefficient (Wildman–Crippen LogP) is 2.86. The molecule has 0 radical (unpaired) electrons. The van der Waals surface area contributed by atoms with Crippen molar-refractivity contribution >= 4 is 27.5 Å². The Labute approximate surface area is 126 Å². The first-order valence-corrected chi connectivity index (χ1v) is 7.55. The van der Waals surface area contributed by atoms with Gasteiger partial charge in [0.1, 0.15) is 5.69 Å². The zero-order chi connectivity index (χ0) is 15.3. The number of amides is 1. The van der Waals surface area contributed by atoms with E-state index in [1.165, 1.54) is 16.8 Å². The third kappa shape index (κ3) is 4.06. The lowest BCUT2D eigenvalue weighted by Crippen LogP contribution is -2.33.